The van der Waals surface area contributed by atoms with E-state index in [1.54, 1.807) is 41.0 Å². The molecule has 3 heterocycles. The lowest BCUT2D eigenvalue weighted by Gasteiger charge is -2.28. The number of benzene rings is 2. The van der Waals surface area contributed by atoms with Crippen molar-refractivity contribution in [1.29, 1.82) is 0 Å². The Morgan fingerprint density at radius 3 is 1.96 bits per heavy atom. The molecule has 4 amide bonds. The van der Waals surface area contributed by atoms with E-state index >= 15 is 0 Å². The Balaban J connectivity index is 1.13. The number of amides is 4. The maximum Gasteiger partial charge on any atom is 0.247 e. The average molecular weight is 671 g/mol. The number of carbonyl (C=O) groups is 4. The molecule has 10 nitrogen and oxygen atoms in total. The molecule has 0 unspecified atom stereocenters. The lowest BCUT2D eigenvalue weighted by atomic mass is 10.1. The van der Waals surface area contributed by atoms with Crippen LogP contribution in [-0.2, 0) is 32.0 Å². The fourth-order valence-electron chi connectivity index (χ4n) is 5.77. The van der Waals surface area contributed by atoms with Gasteiger partial charge in [0.2, 0.25) is 23.6 Å². The van der Waals surface area contributed by atoms with Gasteiger partial charge < -0.3 is 20.4 Å². The zero-order chi connectivity index (χ0) is 35.3. The highest BCUT2D eigenvalue weighted by molar-refractivity contribution is 5.98. The molecule has 1 saturated heterocycles. The minimum Gasteiger partial charge on any atom is -0.331 e. The van der Waals surface area contributed by atoms with E-state index in [2.05, 4.69) is 39.4 Å². The smallest absolute Gasteiger partial charge is 0.247 e. The molecule has 256 valence electrons. The summed E-state index contributed by atoms with van der Waals surface area (Å²) in [6.45, 7) is 4.85. The van der Waals surface area contributed by atoms with Gasteiger partial charge in [-0.25, -0.2) is 9.97 Å². The number of carbonyl (C=O) groups excluding carboxylic acids is 4. The van der Waals surface area contributed by atoms with E-state index < -0.39 is 12.1 Å². The molecule has 1 aliphatic rings. The van der Waals surface area contributed by atoms with Crippen LogP contribution in [-0.4, -0.2) is 68.6 Å². The molecule has 2 aromatic carbocycles. The first-order chi connectivity index (χ1) is 24.3. The predicted molar refractivity (Wildman–Crippen MR) is 193 cm³/mol. The van der Waals surface area contributed by atoms with Gasteiger partial charge in [0, 0.05) is 13.1 Å². The minimum absolute atomic E-state index is 0.0590. The lowest BCUT2D eigenvalue weighted by Crippen LogP contribution is -2.46. The van der Waals surface area contributed by atoms with Gasteiger partial charge in [-0.15, -0.1) is 0 Å². The Kier molecular flexibility index (Phi) is 12.4. The fraction of sp³-hybridized carbons (Fsp3) is 0.300. The number of nitrogens with zero attached hydrogens (tertiary/aromatic N) is 4. The Bertz CT molecular complexity index is 1820. The third-order valence-electron chi connectivity index (χ3n) is 8.57. The first-order valence-corrected chi connectivity index (χ1v) is 17.0. The molecule has 2 aromatic heterocycles. The topological polar surface area (TPSA) is 125 Å². The SMILES string of the molecule is CCCCN(C(=O)Cc1ccccc1)[C@@H](C)C(=O)Nc1ccc(C#Cc2ccc(NC(=O)[C@@H]3CCCN3C(=O)Cc3ccccc3)cn2)nc1. The van der Waals surface area contributed by atoms with Crippen molar-refractivity contribution in [2.24, 2.45) is 0 Å². The van der Waals surface area contributed by atoms with Crippen LogP contribution in [0.15, 0.2) is 97.3 Å². The van der Waals surface area contributed by atoms with Crippen LogP contribution in [0.2, 0.25) is 0 Å². The molecule has 2 N–H and O–H groups in total. The van der Waals surface area contributed by atoms with Crippen LogP contribution in [0.5, 0.6) is 0 Å². The van der Waals surface area contributed by atoms with E-state index in [-0.39, 0.29) is 36.5 Å². The number of hydrogen-bond donors (Lipinski definition) is 2. The van der Waals surface area contributed by atoms with Crippen molar-refractivity contribution in [3.05, 3.63) is 120 Å². The number of hydrogen-bond acceptors (Lipinski definition) is 6. The first kappa shape index (κ1) is 35.5. The van der Waals surface area contributed by atoms with Gasteiger partial charge in [-0.3, -0.25) is 19.2 Å². The summed E-state index contributed by atoms with van der Waals surface area (Å²) >= 11 is 0. The number of aromatic nitrogens is 2. The molecule has 4 aromatic rings. The molecule has 2 atom stereocenters. The average Bonchev–Trinajstić information content (AvgIpc) is 3.64. The van der Waals surface area contributed by atoms with Gasteiger partial charge in [-0.2, -0.15) is 0 Å². The third kappa shape index (κ3) is 9.86. The highest BCUT2D eigenvalue weighted by atomic mass is 16.2. The number of rotatable bonds is 12. The van der Waals surface area contributed by atoms with Gasteiger partial charge in [-0.1, -0.05) is 74.0 Å². The van der Waals surface area contributed by atoms with Gasteiger partial charge in [0.25, 0.3) is 0 Å². The highest BCUT2D eigenvalue weighted by Crippen LogP contribution is 2.21. The molecular formula is C40H42N6O4. The molecule has 10 heteroatoms. The summed E-state index contributed by atoms with van der Waals surface area (Å²) in [5.41, 5.74) is 3.82. The van der Waals surface area contributed by atoms with Gasteiger partial charge in [0.15, 0.2) is 0 Å². The number of unbranched alkanes of at least 4 members (excludes halogenated alkanes) is 1. The monoisotopic (exact) mass is 670 g/mol. The number of pyridine rings is 2. The van der Waals surface area contributed by atoms with Crippen LogP contribution in [0, 0.1) is 11.8 Å². The lowest BCUT2D eigenvalue weighted by molar-refractivity contribution is -0.137. The van der Waals surface area contributed by atoms with Gasteiger partial charge in [-0.05, 0) is 73.4 Å². The van der Waals surface area contributed by atoms with Crippen LogP contribution >= 0.6 is 0 Å². The minimum atomic E-state index is -0.657. The summed E-state index contributed by atoms with van der Waals surface area (Å²) in [5, 5.41) is 5.75. The molecular weight excluding hydrogens is 628 g/mol. The third-order valence-corrected chi connectivity index (χ3v) is 8.57. The van der Waals surface area contributed by atoms with E-state index in [1.165, 1.54) is 12.4 Å². The van der Waals surface area contributed by atoms with E-state index in [0.717, 1.165) is 30.4 Å². The molecule has 0 radical (unpaired) electrons. The van der Waals surface area contributed by atoms with E-state index in [0.29, 0.717) is 42.3 Å². The van der Waals surface area contributed by atoms with E-state index in [1.807, 2.05) is 60.7 Å². The molecule has 5 rings (SSSR count). The maximum atomic E-state index is 13.1. The summed E-state index contributed by atoms with van der Waals surface area (Å²) in [7, 11) is 0. The standard InChI is InChI=1S/C40H42N6O4/c1-3-4-23-45(37(47)25-30-12-7-5-8-13-30)29(2)39(49)43-34-21-19-32(41-27-34)17-18-33-20-22-35(28-42-33)44-40(50)36-16-11-24-46(36)38(48)26-31-14-9-6-10-15-31/h5-10,12-15,19-22,27-29,36H,3-4,11,16,23-26H2,1-2H3,(H,43,49)(H,44,50)/t29-,36-/m0/s1. The quantitative estimate of drug-likeness (QED) is 0.199. The van der Waals surface area contributed by atoms with Gasteiger partial charge >= 0.3 is 0 Å². The molecule has 1 aliphatic heterocycles. The molecule has 0 aliphatic carbocycles. The van der Waals surface area contributed by atoms with Crippen LogP contribution in [0.25, 0.3) is 0 Å². The maximum absolute atomic E-state index is 13.1. The Morgan fingerprint density at radius 2 is 1.40 bits per heavy atom. The molecule has 0 bridgehead atoms. The Labute approximate surface area is 293 Å². The van der Waals surface area contributed by atoms with Crippen LogP contribution in [0.4, 0.5) is 11.4 Å². The predicted octanol–water partition coefficient (Wildman–Crippen LogP) is 5.25. The second kappa shape index (κ2) is 17.5. The van der Waals surface area contributed by atoms with Crippen LogP contribution in [0.3, 0.4) is 0 Å². The second-order valence-electron chi connectivity index (χ2n) is 12.3. The largest absolute Gasteiger partial charge is 0.331 e. The summed E-state index contributed by atoms with van der Waals surface area (Å²) < 4.78 is 0. The summed E-state index contributed by atoms with van der Waals surface area (Å²) in [4.78, 5) is 64.3. The van der Waals surface area contributed by atoms with Crippen molar-refractivity contribution in [1.82, 2.24) is 19.8 Å². The molecule has 1 fully saturated rings. The molecule has 0 saturated carbocycles. The van der Waals surface area contributed by atoms with E-state index in [9.17, 15) is 19.2 Å². The zero-order valence-electron chi connectivity index (χ0n) is 28.5. The summed E-state index contributed by atoms with van der Waals surface area (Å²) in [5.74, 6) is 5.26. The fourth-order valence-corrected chi connectivity index (χ4v) is 5.77. The van der Waals surface area contributed by atoms with Crippen molar-refractivity contribution in [2.75, 3.05) is 23.7 Å². The van der Waals surface area contributed by atoms with E-state index in [4.69, 9.17) is 0 Å². The van der Waals surface area contributed by atoms with Crippen LogP contribution in [0.1, 0.15) is 62.0 Å². The van der Waals surface area contributed by atoms with Crippen LogP contribution < -0.4 is 10.6 Å². The highest BCUT2D eigenvalue weighted by Gasteiger charge is 2.34. The Morgan fingerprint density at radius 1 is 0.820 bits per heavy atom. The van der Waals surface area contributed by atoms with Crippen molar-refractivity contribution < 1.29 is 19.2 Å². The van der Waals surface area contributed by atoms with Crippen molar-refractivity contribution in [3.8, 4) is 11.8 Å². The summed E-state index contributed by atoms with van der Waals surface area (Å²) in [6.07, 6.45) is 6.67. The van der Waals surface area contributed by atoms with Gasteiger partial charge in [0.05, 0.1) is 36.6 Å². The number of likely N-dealkylation sites (tertiary alicyclic amines) is 1. The van der Waals surface area contributed by atoms with Crippen molar-refractivity contribution in [2.45, 2.75) is 64.5 Å². The molecule has 0 spiro atoms. The second-order valence-corrected chi connectivity index (χ2v) is 12.3. The van der Waals surface area contributed by atoms with Gasteiger partial charge in [0.1, 0.15) is 23.5 Å². The normalized spacial score (nSPS) is 14.2. The Hall–Kier alpha value is -5.82. The first-order valence-electron chi connectivity index (χ1n) is 17.0. The van der Waals surface area contributed by atoms with Crippen molar-refractivity contribution >= 4 is 35.0 Å². The number of anilines is 2. The number of nitrogens with one attached hydrogen (secondary N) is 2. The summed E-state index contributed by atoms with van der Waals surface area (Å²) in [6, 6.07) is 24.7. The zero-order valence-corrected chi connectivity index (χ0v) is 28.5. The molecule has 50 heavy (non-hydrogen) atoms. The van der Waals surface area contributed by atoms with Crippen molar-refractivity contribution in [3.63, 3.8) is 0 Å².